The van der Waals surface area contributed by atoms with Gasteiger partial charge in [0.15, 0.2) is 12.0 Å². The molecule has 3 N–H and O–H groups in total. The Kier molecular flexibility index (Phi) is 6.92. The lowest BCUT2D eigenvalue weighted by Crippen LogP contribution is -2.42. The van der Waals surface area contributed by atoms with Crippen molar-refractivity contribution in [2.45, 2.75) is 32.5 Å². The molecule has 4 aromatic rings. The highest BCUT2D eigenvalue weighted by Gasteiger charge is 2.36. The number of aliphatic hydroxyl groups excluding tert-OH is 2. The summed E-state index contributed by atoms with van der Waals surface area (Å²) in [5.41, 5.74) is 4.05. The Labute approximate surface area is 221 Å². The van der Waals surface area contributed by atoms with Crippen LogP contribution in [0.1, 0.15) is 36.1 Å². The number of nitrogens with zero attached hydrogens (tertiary/aromatic N) is 1. The van der Waals surface area contributed by atoms with Crippen molar-refractivity contribution in [3.63, 3.8) is 0 Å². The number of ketones is 1. The molecule has 0 amide bonds. The van der Waals surface area contributed by atoms with Crippen LogP contribution in [0.5, 0.6) is 0 Å². The summed E-state index contributed by atoms with van der Waals surface area (Å²) in [6.45, 7) is 4.35. The van der Waals surface area contributed by atoms with Crippen LogP contribution >= 0.6 is 11.6 Å². The minimum absolute atomic E-state index is 0.0110. The number of aryl methyl sites for hydroxylation is 1. The maximum Gasteiger partial charge on any atom is 0.169 e. The van der Waals surface area contributed by atoms with E-state index in [0.717, 1.165) is 27.6 Å². The Hall–Kier alpha value is -3.80. The number of hydrogen-bond acceptors (Lipinski definition) is 5. The summed E-state index contributed by atoms with van der Waals surface area (Å²) < 4.78 is 0. The summed E-state index contributed by atoms with van der Waals surface area (Å²) in [5.74, 6) is -0.500. The molecule has 37 heavy (non-hydrogen) atoms. The molecule has 6 heteroatoms. The van der Waals surface area contributed by atoms with Crippen LogP contribution in [-0.4, -0.2) is 28.8 Å². The molecule has 0 saturated heterocycles. The van der Waals surface area contributed by atoms with Gasteiger partial charge in [-0.25, -0.2) is 0 Å². The molecular weight excluding hydrogens is 484 g/mol. The van der Waals surface area contributed by atoms with Gasteiger partial charge in [0.1, 0.15) is 5.76 Å². The van der Waals surface area contributed by atoms with Gasteiger partial charge in [0, 0.05) is 34.6 Å². The number of carbonyl (C=O) groups is 1. The summed E-state index contributed by atoms with van der Waals surface area (Å²) in [7, 11) is 0. The van der Waals surface area contributed by atoms with Gasteiger partial charge in [-0.3, -0.25) is 4.79 Å². The number of aliphatic hydroxyl groups is 2. The molecule has 1 heterocycles. The second kappa shape index (κ2) is 10.3. The molecule has 5 nitrogen and oxygen atoms in total. The van der Waals surface area contributed by atoms with E-state index in [4.69, 9.17) is 11.6 Å². The molecular formula is C31H29ClN2O3. The Morgan fingerprint density at radius 1 is 1.03 bits per heavy atom. The monoisotopic (exact) mass is 512 g/mol. The molecule has 0 bridgehead atoms. The van der Waals surface area contributed by atoms with Gasteiger partial charge in [0.25, 0.3) is 0 Å². The maximum atomic E-state index is 13.8. The molecule has 4 aromatic carbocycles. The van der Waals surface area contributed by atoms with E-state index in [0.29, 0.717) is 22.8 Å². The first kappa shape index (κ1) is 24.9. The van der Waals surface area contributed by atoms with Crippen LogP contribution in [-0.2, 0) is 4.79 Å². The fraction of sp³-hybridized carbons (Fsp3) is 0.194. The Morgan fingerprint density at radius 3 is 2.51 bits per heavy atom. The SMILES string of the molecule is CCN1c2cc(C)ccc2C(O)=C(C(=O)CC(Nc2cccc3ccccc23)c2ccc(Cl)cc2)C1O. The minimum atomic E-state index is -1.24. The molecule has 2 atom stereocenters. The Bertz CT molecular complexity index is 1490. The highest BCUT2D eigenvalue weighted by atomic mass is 35.5. The molecule has 0 aliphatic carbocycles. The van der Waals surface area contributed by atoms with Crippen molar-refractivity contribution < 1.29 is 15.0 Å². The number of nitrogens with one attached hydrogen (secondary N) is 1. The lowest BCUT2D eigenvalue weighted by atomic mass is 9.90. The van der Waals surface area contributed by atoms with Crippen LogP contribution in [0.15, 0.2) is 90.5 Å². The lowest BCUT2D eigenvalue weighted by Gasteiger charge is -2.36. The summed E-state index contributed by atoms with van der Waals surface area (Å²) in [4.78, 5) is 15.5. The van der Waals surface area contributed by atoms with Gasteiger partial charge in [-0.05, 0) is 60.7 Å². The quantitative estimate of drug-likeness (QED) is 0.247. The molecule has 188 valence electrons. The van der Waals surface area contributed by atoms with Crippen LogP contribution in [0.4, 0.5) is 11.4 Å². The number of carbonyl (C=O) groups excluding carboxylic acids is 1. The van der Waals surface area contributed by atoms with Crippen molar-refractivity contribution in [3.05, 3.63) is 112 Å². The smallest absolute Gasteiger partial charge is 0.169 e. The summed E-state index contributed by atoms with van der Waals surface area (Å²) in [5, 5.41) is 28.6. The van der Waals surface area contributed by atoms with Gasteiger partial charge in [-0.1, -0.05) is 66.2 Å². The molecule has 0 fully saturated rings. The van der Waals surface area contributed by atoms with Crippen molar-refractivity contribution in [3.8, 4) is 0 Å². The molecule has 0 spiro atoms. The summed E-state index contributed by atoms with van der Waals surface area (Å²) in [6, 6.07) is 26.6. The van der Waals surface area contributed by atoms with Gasteiger partial charge < -0.3 is 20.4 Å². The van der Waals surface area contributed by atoms with E-state index in [1.54, 1.807) is 23.1 Å². The molecule has 5 rings (SSSR count). The number of benzene rings is 4. The molecule has 0 radical (unpaired) electrons. The average molecular weight is 513 g/mol. The zero-order valence-electron chi connectivity index (χ0n) is 20.8. The maximum absolute atomic E-state index is 13.8. The molecule has 1 aliphatic heterocycles. The van der Waals surface area contributed by atoms with E-state index < -0.39 is 12.3 Å². The zero-order chi connectivity index (χ0) is 26.1. The zero-order valence-corrected chi connectivity index (χ0v) is 21.5. The van der Waals surface area contributed by atoms with Crippen molar-refractivity contribution in [1.29, 1.82) is 0 Å². The standard InChI is InChI=1S/C31H29ClN2O3/c1-3-34-27-17-19(2)11-16-24(27)30(36)29(31(34)37)28(35)18-26(21-12-14-22(32)15-13-21)33-25-10-6-8-20-7-4-5-9-23(20)25/h4-17,26,31,33,36-37H,3,18H2,1-2H3. The van der Waals surface area contributed by atoms with Crippen molar-refractivity contribution in [1.82, 2.24) is 0 Å². The van der Waals surface area contributed by atoms with Crippen LogP contribution < -0.4 is 10.2 Å². The van der Waals surface area contributed by atoms with E-state index >= 15 is 0 Å². The number of anilines is 2. The first-order valence-electron chi connectivity index (χ1n) is 12.4. The van der Waals surface area contributed by atoms with Gasteiger partial charge >= 0.3 is 0 Å². The van der Waals surface area contributed by atoms with Gasteiger partial charge in [-0.15, -0.1) is 0 Å². The number of fused-ring (bicyclic) bond motifs is 2. The predicted octanol–water partition coefficient (Wildman–Crippen LogP) is 7.04. The second-order valence-corrected chi connectivity index (χ2v) is 9.78. The second-order valence-electron chi connectivity index (χ2n) is 9.35. The minimum Gasteiger partial charge on any atom is -0.507 e. The third-order valence-electron chi connectivity index (χ3n) is 6.95. The van der Waals surface area contributed by atoms with Crippen LogP contribution in [0.3, 0.4) is 0 Å². The van der Waals surface area contributed by atoms with Gasteiger partial charge in [0.05, 0.1) is 17.3 Å². The normalized spacial score (nSPS) is 16.0. The van der Waals surface area contributed by atoms with Gasteiger partial charge in [0.2, 0.25) is 0 Å². The van der Waals surface area contributed by atoms with E-state index in [-0.39, 0.29) is 23.5 Å². The van der Waals surface area contributed by atoms with E-state index in [9.17, 15) is 15.0 Å². The lowest BCUT2D eigenvalue weighted by molar-refractivity contribution is -0.116. The van der Waals surface area contributed by atoms with Gasteiger partial charge in [-0.2, -0.15) is 0 Å². The van der Waals surface area contributed by atoms with E-state index in [1.807, 2.05) is 80.6 Å². The largest absolute Gasteiger partial charge is 0.507 e. The molecule has 0 aromatic heterocycles. The first-order valence-corrected chi connectivity index (χ1v) is 12.8. The Morgan fingerprint density at radius 2 is 1.76 bits per heavy atom. The van der Waals surface area contributed by atoms with Crippen molar-refractivity contribution in [2.75, 3.05) is 16.8 Å². The topological polar surface area (TPSA) is 72.8 Å². The predicted molar refractivity (Wildman–Crippen MR) is 151 cm³/mol. The number of likely N-dealkylation sites (N-methyl/N-ethyl adjacent to an activating group) is 1. The van der Waals surface area contributed by atoms with Crippen LogP contribution in [0.25, 0.3) is 16.5 Å². The highest BCUT2D eigenvalue weighted by Crippen LogP contribution is 2.39. The summed E-state index contributed by atoms with van der Waals surface area (Å²) in [6.07, 6.45) is -1.21. The third kappa shape index (κ3) is 4.80. The summed E-state index contributed by atoms with van der Waals surface area (Å²) >= 11 is 6.14. The Balaban J connectivity index is 1.54. The van der Waals surface area contributed by atoms with Crippen LogP contribution in [0, 0.1) is 6.92 Å². The highest BCUT2D eigenvalue weighted by molar-refractivity contribution is 6.30. The van der Waals surface area contributed by atoms with E-state index in [2.05, 4.69) is 5.32 Å². The van der Waals surface area contributed by atoms with E-state index in [1.165, 1.54) is 0 Å². The number of hydrogen-bond donors (Lipinski definition) is 3. The number of halogens is 1. The fourth-order valence-corrected chi connectivity index (χ4v) is 5.16. The van der Waals surface area contributed by atoms with Crippen LogP contribution in [0.2, 0.25) is 5.02 Å². The van der Waals surface area contributed by atoms with Crippen molar-refractivity contribution in [2.24, 2.45) is 0 Å². The number of rotatable bonds is 7. The van der Waals surface area contributed by atoms with Crippen molar-refractivity contribution >= 4 is 45.3 Å². The average Bonchev–Trinajstić information content (AvgIpc) is 2.89. The molecule has 2 unspecified atom stereocenters. The molecule has 0 saturated carbocycles. The number of Topliss-reactive ketones (excluding diaryl/α,β-unsaturated/α-hetero) is 1. The fourth-order valence-electron chi connectivity index (χ4n) is 5.04. The molecule has 1 aliphatic rings. The first-order chi connectivity index (χ1) is 17.9. The third-order valence-corrected chi connectivity index (χ3v) is 7.20.